The van der Waals surface area contributed by atoms with Gasteiger partial charge in [0, 0.05) is 18.0 Å². The Morgan fingerprint density at radius 1 is 1.03 bits per heavy atom. The molecule has 2 aromatic carbocycles. The molecule has 0 spiro atoms. The van der Waals surface area contributed by atoms with Crippen molar-refractivity contribution in [3.05, 3.63) is 59.7 Å². The average Bonchev–Trinajstić information content (AvgIpc) is 3.24. The van der Waals surface area contributed by atoms with Crippen molar-refractivity contribution in [1.29, 1.82) is 5.26 Å². The lowest BCUT2D eigenvalue weighted by Gasteiger charge is -2.11. The molecule has 0 aliphatic carbocycles. The van der Waals surface area contributed by atoms with Crippen LogP contribution in [0.2, 0.25) is 0 Å². The summed E-state index contributed by atoms with van der Waals surface area (Å²) in [6, 6.07) is 14.5. The maximum absolute atomic E-state index is 12.3. The zero-order chi connectivity index (χ0) is 21.6. The van der Waals surface area contributed by atoms with Gasteiger partial charge in [0.25, 0.3) is 5.91 Å². The van der Waals surface area contributed by atoms with E-state index in [-0.39, 0.29) is 11.7 Å². The number of carbonyl (C=O) groups excluding carboxylic acids is 2. The van der Waals surface area contributed by atoms with Crippen LogP contribution in [0, 0.1) is 11.3 Å². The van der Waals surface area contributed by atoms with E-state index in [0.29, 0.717) is 35.5 Å². The Morgan fingerprint density at radius 2 is 1.67 bits per heavy atom. The van der Waals surface area contributed by atoms with Crippen molar-refractivity contribution in [2.45, 2.75) is 24.7 Å². The third-order valence-electron chi connectivity index (χ3n) is 4.48. The Hall–Kier alpha value is -3.22. The summed E-state index contributed by atoms with van der Waals surface area (Å²) in [5, 5.41) is 14.1. The molecule has 3 rings (SSSR count). The van der Waals surface area contributed by atoms with Gasteiger partial charge in [0.15, 0.2) is 9.84 Å². The molecular weight excluding hydrogens is 406 g/mol. The molecule has 2 N–H and O–H groups in total. The monoisotopic (exact) mass is 427 g/mol. The lowest BCUT2D eigenvalue weighted by molar-refractivity contribution is -0.124. The lowest BCUT2D eigenvalue weighted by atomic mass is 10.2. The van der Waals surface area contributed by atoms with Gasteiger partial charge in [-0.25, -0.2) is 8.42 Å². The third kappa shape index (κ3) is 6.14. The van der Waals surface area contributed by atoms with E-state index in [4.69, 9.17) is 10.00 Å². The maximum atomic E-state index is 12.3. The number of amides is 2. The van der Waals surface area contributed by atoms with Gasteiger partial charge < -0.3 is 15.4 Å². The second kappa shape index (κ2) is 9.52. The van der Waals surface area contributed by atoms with E-state index in [1.807, 2.05) is 6.07 Å². The molecule has 0 aromatic heterocycles. The van der Waals surface area contributed by atoms with Gasteiger partial charge in [0.05, 0.1) is 17.4 Å². The SMILES string of the molecule is N#Cc1ccc(CS(=O)(=O)CC(=O)Nc2ccc(NC(=O)C3CCCO3)cc2)cc1. The number of sulfone groups is 1. The van der Waals surface area contributed by atoms with Crippen molar-refractivity contribution in [2.24, 2.45) is 0 Å². The number of ether oxygens (including phenoxy) is 1. The smallest absolute Gasteiger partial charge is 0.253 e. The molecule has 0 radical (unpaired) electrons. The number of nitrogens with zero attached hydrogens (tertiary/aromatic N) is 1. The average molecular weight is 427 g/mol. The molecule has 1 aliphatic rings. The van der Waals surface area contributed by atoms with E-state index in [2.05, 4.69) is 10.6 Å². The summed E-state index contributed by atoms with van der Waals surface area (Å²) < 4.78 is 29.9. The van der Waals surface area contributed by atoms with Crippen molar-refractivity contribution in [1.82, 2.24) is 0 Å². The summed E-state index contributed by atoms with van der Waals surface area (Å²) >= 11 is 0. The molecule has 1 saturated heterocycles. The number of carbonyl (C=O) groups is 2. The van der Waals surface area contributed by atoms with Crippen LogP contribution in [0.15, 0.2) is 48.5 Å². The highest BCUT2D eigenvalue weighted by molar-refractivity contribution is 7.91. The van der Waals surface area contributed by atoms with E-state index in [1.54, 1.807) is 36.4 Å². The van der Waals surface area contributed by atoms with Gasteiger partial charge in [0.1, 0.15) is 11.9 Å². The summed E-state index contributed by atoms with van der Waals surface area (Å²) in [6.07, 6.45) is 1.11. The molecule has 1 heterocycles. The molecule has 1 aliphatic heterocycles. The molecule has 0 saturated carbocycles. The Bertz CT molecular complexity index is 1050. The predicted molar refractivity (Wildman–Crippen MR) is 111 cm³/mol. The molecule has 8 nitrogen and oxygen atoms in total. The number of anilines is 2. The van der Waals surface area contributed by atoms with Crippen LogP contribution >= 0.6 is 0 Å². The third-order valence-corrected chi connectivity index (χ3v) is 5.95. The fourth-order valence-electron chi connectivity index (χ4n) is 3.02. The first kappa shape index (κ1) is 21.5. The van der Waals surface area contributed by atoms with E-state index in [1.165, 1.54) is 12.1 Å². The highest BCUT2D eigenvalue weighted by Gasteiger charge is 2.23. The number of rotatable bonds is 7. The zero-order valence-electron chi connectivity index (χ0n) is 16.1. The summed E-state index contributed by atoms with van der Waals surface area (Å²) in [7, 11) is -3.67. The normalized spacial score (nSPS) is 15.9. The quantitative estimate of drug-likeness (QED) is 0.698. The number of benzene rings is 2. The minimum Gasteiger partial charge on any atom is -0.368 e. The number of nitriles is 1. The van der Waals surface area contributed by atoms with Crippen LogP contribution in [-0.2, 0) is 29.9 Å². The van der Waals surface area contributed by atoms with Crippen LogP contribution in [-0.4, -0.2) is 38.7 Å². The Balaban J connectivity index is 1.52. The van der Waals surface area contributed by atoms with Crippen LogP contribution in [0.4, 0.5) is 11.4 Å². The first-order valence-electron chi connectivity index (χ1n) is 9.36. The van der Waals surface area contributed by atoms with Gasteiger partial charge in [-0.1, -0.05) is 12.1 Å². The van der Waals surface area contributed by atoms with E-state index < -0.39 is 27.6 Å². The zero-order valence-corrected chi connectivity index (χ0v) is 16.9. The molecule has 9 heteroatoms. The van der Waals surface area contributed by atoms with Gasteiger partial charge in [-0.15, -0.1) is 0 Å². The van der Waals surface area contributed by atoms with Gasteiger partial charge >= 0.3 is 0 Å². The number of hydrogen-bond acceptors (Lipinski definition) is 6. The predicted octanol–water partition coefficient (Wildman–Crippen LogP) is 2.23. The first-order valence-corrected chi connectivity index (χ1v) is 11.2. The largest absolute Gasteiger partial charge is 0.368 e. The molecule has 1 unspecified atom stereocenters. The van der Waals surface area contributed by atoms with Crippen molar-refractivity contribution < 1.29 is 22.7 Å². The van der Waals surface area contributed by atoms with Gasteiger partial charge in [0.2, 0.25) is 5.91 Å². The van der Waals surface area contributed by atoms with E-state index >= 15 is 0 Å². The van der Waals surface area contributed by atoms with Crippen LogP contribution in [0.5, 0.6) is 0 Å². The molecule has 30 heavy (non-hydrogen) atoms. The van der Waals surface area contributed by atoms with E-state index in [9.17, 15) is 18.0 Å². The fraction of sp³-hybridized carbons (Fsp3) is 0.286. The second-order valence-electron chi connectivity index (χ2n) is 6.96. The second-order valence-corrected chi connectivity index (χ2v) is 9.02. The molecule has 1 atom stereocenters. The number of nitrogens with one attached hydrogen (secondary N) is 2. The molecular formula is C21H21N3O5S. The highest BCUT2D eigenvalue weighted by Crippen LogP contribution is 2.17. The Labute approximate surface area is 174 Å². The Kier molecular flexibility index (Phi) is 6.82. The summed E-state index contributed by atoms with van der Waals surface area (Å²) in [5.41, 5.74) is 1.92. The van der Waals surface area contributed by atoms with E-state index in [0.717, 1.165) is 6.42 Å². The van der Waals surface area contributed by atoms with Gasteiger partial charge in [-0.3, -0.25) is 9.59 Å². The van der Waals surface area contributed by atoms with Crippen molar-refractivity contribution in [2.75, 3.05) is 23.0 Å². The van der Waals surface area contributed by atoms with Crippen LogP contribution in [0.25, 0.3) is 0 Å². The minimum absolute atomic E-state index is 0.210. The first-order chi connectivity index (χ1) is 14.3. The fourth-order valence-corrected chi connectivity index (χ4v) is 4.30. The van der Waals surface area contributed by atoms with Crippen LogP contribution < -0.4 is 10.6 Å². The van der Waals surface area contributed by atoms with Crippen LogP contribution in [0.3, 0.4) is 0 Å². The van der Waals surface area contributed by atoms with Crippen molar-refractivity contribution in [3.8, 4) is 6.07 Å². The maximum Gasteiger partial charge on any atom is 0.253 e. The van der Waals surface area contributed by atoms with Crippen LogP contribution in [0.1, 0.15) is 24.0 Å². The van der Waals surface area contributed by atoms with Gasteiger partial charge in [-0.05, 0) is 54.8 Å². The summed E-state index contributed by atoms with van der Waals surface area (Å²) in [5.74, 6) is -1.82. The molecule has 156 valence electrons. The summed E-state index contributed by atoms with van der Waals surface area (Å²) in [6.45, 7) is 0.580. The molecule has 2 aromatic rings. The van der Waals surface area contributed by atoms with Crippen molar-refractivity contribution in [3.63, 3.8) is 0 Å². The standard InChI is InChI=1S/C21H21N3O5S/c22-12-15-3-5-16(6-4-15)13-30(27,28)14-20(25)23-17-7-9-18(10-8-17)24-21(26)19-2-1-11-29-19/h3-10,19H,1-2,11,13-14H2,(H,23,25)(H,24,26). The summed E-state index contributed by atoms with van der Waals surface area (Å²) in [4.78, 5) is 24.2. The topological polar surface area (TPSA) is 125 Å². The highest BCUT2D eigenvalue weighted by atomic mass is 32.2. The van der Waals surface area contributed by atoms with Crippen molar-refractivity contribution >= 4 is 33.0 Å². The molecule has 2 amide bonds. The minimum atomic E-state index is -3.67. The number of hydrogen-bond donors (Lipinski definition) is 2. The van der Waals surface area contributed by atoms with Gasteiger partial charge in [-0.2, -0.15) is 5.26 Å². The lowest BCUT2D eigenvalue weighted by Crippen LogP contribution is -2.26. The molecule has 1 fully saturated rings. The Morgan fingerprint density at radius 3 is 2.23 bits per heavy atom. The molecule has 0 bridgehead atoms.